The van der Waals surface area contributed by atoms with Gasteiger partial charge >= 0.3 is 0 Å². The summed E-state index contributed by atoms with van der Waals surface area (Å²) in [7, 11) is 1.64. The van der Waals surface area contributed by atoms with Crippen LogP contribution >= 0.6 is 0 Å². The number of methoxy groups -OCH3 is 1. The summed E-state index contributed by atoms with van der Waals surface area (Å²) in [5, 5.41) is 8.53. The highest BCUT2D eigenvalue weighted by Crippen LogP contribution is 2.57. The van der Waals surface area contributed by atoms with Crippen molar-refractivity contribution in [3.63, 3.8) is 0 Å². The second-order valence-electron chi connectivity index (χ2n) is 7.28. The van der Waals surface area contributed by atoms with Crippen LogP contribution in [0.15, 0.2) is 22.6 Å². The van der Waals surface area contributed by atoms with Crippen molar-refractivity contribution in [1.82, 2.24) is 15.1 Å². The van der Waals surface area contributed by atoms with Crippen LogP contribution in [0.1, 0.15) is 36.6 Å². The summed E-state index contributed by atoms with van der Waals surface area (Å²) in [5.41, 5.74) is 1.10. The van der Waals surface area contributed by atoms with Gasteiger partial charge in [-0.15, -0.1) is 10.2 Å². The maximum Gasteiger partial charge on any atom is 0.242 e. The van der Waals surface area contributed by atoms with Gasteiger partial charge in [-0.05, 0) is 49.4 Å². The third kappa shape index (κ3) is 2.41. The van der Waals surface area contributed by atoms with Crippen molar-refractivity contribution in [2.45, 2.75) is 38.0 Å². The van der Waals surface area contributed by atoms with E-state index in [1.807, 2.05) is 6.07 Å². The number of aromatic nitrogens is 2. The van der Waals surface area contributed by atoms with Gasteiger partial charge in [0, 0.05) is 13.7 Å². The Hall–Kier alpha value is -2.12. The molecule has 0 amide bonds. The van der Waals surface area contributed by atoms with Crippen molar-refractivity contribution in [2.24, 2.45) is 5.92 Å². The third-order valence-corrected chi connectivity index (χ3v) is 5.95. The van der Waals surface area contributed by atoms with E-state index in [9.17, 15) is 0 Å². The molecule has 1 saturated heterocycles. The molecule has 0 spiro atoms. The SMILES string of the molecule is COCc1nnc([C@]23CC[C@H]2CCN3Cc2ccc3c(c2)OCCO3)o1. The van der Waals surface area contributed by atoms with E-state index < -0.39 is 0 Å². The predicted molar refractivity (Wildman–Crippen MR) is 91.9 cm³/mol. The summed E-state index contributed by atoms with van der Waals surface area (Å²) < 4.78 is 22.4. The highest BCUT2D eigenvalue weighted by atomic mass is 16.6. The van der Waals surface area contributed by atoms with Crippen molar-refractivity contribution >= 4 is 0 Å². The average Bonchev–Trinajstić information content (AvgIpc) is 3.18. The van der Waals surface area contributed by atoms with Gasteiger partial charge in [0.05, 0.1) is 0 Å². The van der Waals surface area contributed by atoms with Crippen LogP contribution in [0, 0.1) is 5.92 Å². The van der Waals surface area contributed by atoms with Gasteiger partial charge in [0.25, 0.3) is 0 Å². The first-order chi connectivity index (χ1) is 12.8. The van der Waals surface area contributed by atoms with Gasteiger partial charge < -0.3 is 18.6 Å². The zero-order chi connectivity index (χ0) is 17.6. The van der Waals surface area contributed by atoms with Crippen molar-refractivity contribution in [3.8, 4) is 11.5 Å². The number of hydrogen-bond acceptors (Lipinski definition) is 7. The first-order valence-corrected chi connectivity index (χ1v) is 9.25. The van der Waals surface area contributed by atoms with Crippen LogP contribution in [0.5, 0.6) is 11.5 Å². The highest BCUT2D eigenvalue weighted by Gasteiger charge is 2.59. The number of hydrogen-bond donors (Lipinski definition) is 0. The van der Waals surface area contributed by atoms with Gasteiger partial charge in [-0.3, -0.25) is 4.90 Å². The molecule has 3 heterocycles. The number of benzene rings is 1. The predicted octanol–water partition coefficient (Wildman–Crippen LogP) is 2.50. The Morgan fingerprint density at radius 1 is 1.19 bits per heavy atom. The van der Waals surface area contributed by atoms with Crippen molar-refractivity contribution in [2.75, 3.05) is 26.9 Å². The molecule has 5 rings (SSSR count). The molecule has 3 aliphatic rings. The van der Waals surface area contributed by atoms with Gasteiger partial charge in [0.1, 0.15) is 25.4 Å². The molecular formula is C19H23N3O4. The Morgan fingerprint density at radius 2 is 2.08 bits per heavy atom. The first kappa shape index (κ1) is 16.1. The molecule has 1 aliphatic carbocycles. The summed E-state index contributed by atoms with van der Waals surface area (Å²) in [4.78, 5) is 2.50. The lowest BCUT2D eigenvalue weighted by Crippen LogP contribution is -2.51. The van der Waals surface area contributed by atoms with Crippen LogP contribution in [-0.2, 0) is 23.4 Å². The Labute approximate surface area is 152 Å². The van der Waals surface area contributed by atoms with E-state index in [0.29, 0.717) is 31.6 Å². The summed E-state index contributed by atoms with van der Waals surface area (Å²) in [6.07, 6.45) is 3.46. The molecule has 0 radical (unpaired) electrons. The Balaban J connectivity index is 1.41. The second kappa shape index (κ2) is 6.25. The molecule has 7 nitrogen and oxygen atoms in total. The topological polar surface area (TPSA) is 69.9 Å². The average molecular weight is 357 g/mol. The molecule has 26 heavy (non-hydrogen) atoms. The van der Waals surface area contributed by atoms with E-state index in [0.717, 1.165) is 36.9 Å². The zero-order valence-electron chi connectivity index (χ0n) is 14.9. The Bertz CT molecular complexity index is 808. The van der Waals surface area contributed by atoms with E-state index in [2.05, 4.69) is 27.2 Å². The van der Waals surface area contributed by atoms with Crippen molar-refractivity contribution < 1.29 is 18.6 Å². The molecule has 0 N–H and O–H groups in total. The molecule has 2 fully saturated rings. The molecule has 2 atom stereocenters. The molecule has 7 heteroatoms. The number of fused-ring (bicyclic) bond motifs is 2. The van der Waals surface area contributed by atoms with Crippen LogP contribution in [0.2, 0.25) is 0 Å². The summed E-state index contributed by atoms with van der Waals surface area (Å²) in [6, 6.07) is 6.23. The molecule has 0 bridgehead atoms. The monoisotopic (exact) mass is 357 g/mol. The van der Waals surface area contributed by atoms with Crippen LogP contribution in [0.3, 0.4) is 0 Å². The number of likely N-dealkylation sites (tertiary alicyclic amines) is 1. The van der Waals surface area contributed by atoms with Crippen molar-refractivity contribution in [1.29, 1.82) is 0 Å². The minimum Gasteiger partial charge on any atom is -0.486 e. The maximum absolute atomic E-state index is 5.96. The first-order valence-electron chi connectivity index (χ1n) is 9.25. The Kier molecular flexibility index (Phi) is 3.86. The minimum atomic E-state index is -0.119. The van der Waals surface area contributed by atoms with E-state index >= 15 is 0 Å². The molecule has 138 valence electrons. The van der Waals surface area contributed by atoms with E-state index in [-0.39, 0.29) is 5.54 Å². The summed E-state index contributed by atoms with van der Waals surface area (Å²) in [5.74, 6) is 3.56. The molecular weight excluding hydrogens is 334 g/mol. The fourth-order valence-electron chi connectivity index (χ4n) is 4.59. The largest absolute Gasteiger partial charge is 0.486 e. The lowest BCUT2D eigenvalue weighted by molar-refractivity contribution is -0.0174. The second-order valence-corrected chi connectivity index (χ2v) is 7.28. The quantitative estimate of drug-likeness (QED) is 0.814. The standard InChI is InChI=1S/C19H23N3O4/c1-23-12-17-20-21-18(26-17)19-6-4-14(19)5-7-22(19)11-13-2-3-15-16(10-13)25-9-8-24-15/h2-3,10,14H,4-9,11-12H2,1H3/t14-,19-/m0/s1. The fourth-order valence-corrected chi connectivity index (χ4v) is 4.59. The van der Waals surface area contributed by atoms with E-state index in [1.54, 1.807) is 7.11 Å². The van der Waals surface area contributed by atoms with Crippen LogP contribution in [0.4, 0.5) is 0 Å². The third-order valence-electron chi connectivity index (χ3n) is 5.95. The minimum absolute atomic E-state index is 0.119. The molecule has 0 unspecified atom stereocenters. The summed E-state index contributed by atoms with van der Waals surface area (Å²) in [6.45, 7) is 3.47. The number of rotatable bonds is 5. The molecule has 1 aromatic heterocycles. The van der Waals surface area contributed by atoms with Crippen LogP contribution in [-0.4, -0.2) is 42.0 Å². The maximum atomic E-state index is 5.96. The van der Waals surface area contributed by atoms with Gasteiger partial charge in [-0.2, -0.15) is 0 Å². The van der Waals surface area contributed by atoms with Gasteiger partial charge in [0.15, 0.2) is 11.5 Å². The molecule has 1 aromatic carbocycles. The zero-order valence-corrected chi connectivity index (χ0v) is 14.9. The van der Waals surface area contributed by atoms with Gasteiger partial charge in [-0.1, -0.05) is 6.07 Å². The van der Waals surface area contributed by atoms with E-state index in [1.165, 1.54) is 18.4 Å². The summed E-state index contributed by atoms with van der Waals surface area (Å²) >= 11 is 0. The van der Waals surface area contributed by atoms with Crippen LogP contribution < -0.4 is 9.47 Å². The van der Waals surface area contributed by atoms with Crippen molar-refractivity contribution in [3.05, 3.63) is 35.5 Å². The lowest BCUT2D eigenvalue weighted by atomic mass is 9.67. The van der Waals surface area contributed by atoms with Gasteiger partial charge in [-0.25, -0.2) is 0 Å². The molecule has 2 aromatic rings. The number of ether oxygens (including phenoxy) is 3. The lowest BCUT2D eigenvalue weighted by Gasteiger charge is -2.47. The van der Waals surface area contributed by atoms with Crippen LogP contribution in [0.25, 0.3) is 0 Å². The van der Waals surface area contributed by atoms with E-state index in [4.69, 9.17) is 18.6 Å². The molecule has 1 saturated carbocycles. The normalized spacial score (nSPS) is 27.2. The smallest absolute Gasteiger partial charge is 0.242 e. The Morgan fingerprint density at radius 3 is 2.88 bits per heavy atom. The van der Waals surface area contributed by atoms with Gasteiger partial charge in [0.2, 0.25) is 11.8 Å². The molecule has 2 aliphatic heterocycles. The highest BCUT2D eigenvalue weighted by molar-refractivity contribution is 5.44. The number of nitrogens with zero attached hydrogens (tertiary/aromatic N) is 3. The fraction of sp³-hybridized carbons (Fsp3) is 0.579.